The monoisotopic (exact) mass is 478 g/mol. The number of ketones is 1. The van der Waals surface area contributed by atoms with E-state index in [-0.39, 0.29) is 24.0 Å². The second-order valence-corrected chi connectivity index (χ2v) is 11.0. The van der Waals surface area contributed by atoms with Crippen LogP contribution in [-0.4, -0.2) is 53.8 Å². The largest absolute Gasteiger partial charge is 0.399 e. The number of carbonyl (C=O) groups is 1. The lowest BCUT2D eigenvalue weighted by molar-refractivity contribution is -0.0646. The summed E-state index contributed by atoms with van der Waals surface area (Å²) in [7, 11) is 0. The molecule has 3 heterocycles. The van der Waals surface area contributed by atoms with Gasteiger partial charge in [-0.25, -0.2) is 8.78 Å². The summed E-state index contributed by atoms with van der Waals surface area (Å²) in [6.07, 6.45) is 1.89. The van der Waals surface area contributed by atoms with E-state index in [1.807, 2.05) is 24.3 Å². The number of anilines is 2. The molecule has 0 saturated carbocycles. The molecular formula is C28H32F2N4O. The van der Waals surface area contributed by atoms with Crippen molar-refractivity contribution in [3.63, 3.8) is 0 Å². The number of rotatable bonds is 2. The number of carbonyl (C=O) groups excluding carboxylic acids is 1. The van der Waals surface area contributed by atoms with Gasteiger partial charge < -0.3 is 15.6 Å². The number of nitrogen functional groups attached to an aromatic ring is 1. The molecule has 3 aliphatic rings. The van der Waals surface area contributed by atoms with Crippen LogP contribution in [0.4, 0.5) is 20.2 Å². The van der Waals surface area contributed by atoms with Gasteiger partial charge in [-0.2, -0.15) is 0 Å². The van der Waals surface area contributed by atoms with Crippen LogP contribution < -0.4 is 10.6 Å². The van der Waals surface area contributed by atoms with Crippen LogP contribution in [0.2, 0.25) is 0 Å². The summed E-state index contributed by atoms with van der Waals surface area (Å²) < 4.78 is 27.1. The SMILES string of the molecule is CC1(C)c2cc(N3CCC(N4CCC(F)(F)CC4)CC3)ccc2C(=O)c2c1[nH]c1cc(N)ccc21. The Morgan fingerprint density at radius 2 is 1.71 bits per heavy atom. The Labute approximate surface area is 204 Å². The highest BCUT2D eigenvalue weighted by molar-refractivity contribution is 6.20. The minimum absolute atomic E-state index is 0.0243. The smallest absolute Gasteiger partial charge is 0.250 e. The van der Waals surface area contributed by atoms with E-state index in [2.05, 4.69) is 40.8 Å². The molecule has 0 atom stereocenters. The van der Waals surface area contributed by atoms with Crippen LogP contribution in [0.1, 0.15) is 66.7 Å². The van der Waals surface area contributed by atoms with Gasteiger partial charge in [0, 0.05) is 84.0 Å². The zero-order valence-corrected chi connectivity index (χ0v) is 20.3. The normalized spacial score (nSPS) is 22.3. The summed E-state index contributed by atoms with van der Waals surface area (Å²) in [5.41, 5.74) is 11.8. The second-order valence-electron chi connectivity index (χ2n) is 11.0. The Kier molecular flexibility index (Phi) is 5.01. The summed E-state index contributed by atoms with van der Waals surface area (Å²) in [6.45, 7) is 7.09. The standard InChI is InChI=1S/C28H32F2N4O/c1-27(2)22-16-19(33-11-7-18(8-12-33)34-13-9-28(29,30)10-14-34)4-6-20(22)25(35)24-21-5-3-17(31)15-23(21)32-26(24)27/h3-6,15-16,18,32H,7-14,31H2,1-2H3. The summed E-state index contributed by atoms with van der Waals surface area (Å²) >= 11 is 0. The van der Waals surface area contributed by atoms with Gasteiger partial charge in [0.15, 0.2) is 5.78 Å². The number of benzene rings is 2. The van der Waals surface area contributed by atoms with Crippen molar-refractivity contribution in [2.24, 2.45) is 0 Å². The lowest BCUT2D eigenvalue weighted by atomic mass is 9.71. The number of piperidine rings is 2. The Morgan fingerprint density at radius 1 is 1.00 bits per heavy atom. The molecule has 7 heteroatoms. The maximum atomic E-state index is 13.6. The summed E-state index contributed by atoms with van der Waals surface area (Å²) in [4.78, 5) is 21.7. The minimum Gasteiger partial charge on any atom is -0.399 e. The number of halogens is 2. The fourth-order valence-corrected chi connectivity index (χ4v) is 6.34. The number of aromatic nitrogens is 1. The number of aromatic amines is 1. The number of fused-ring (bicyclic) bond motifs is 4. The minimum atomic E-state index is -2.50. The highest BCUT2D eigenvalue weighted by Crippen LogP contribution is 2.45. The molecule has 0 bridgehead atoms. The van der Waals surface area contributed by atoms with Crippen molar-refractivity contribution in [1.29, 1.82) is 0 Å². The molecule has 35 heavy (non-hydrogen) atoms. The average molecular weight is 479 g/mol. The molecule has 2 saturated heterocycles. The van der Waals surface area contributed by atoms with Crippen LogP contribution >= 0.6 is 0 Å². The average Bonchev–Trinajstić information content (AvgIpc) is 3.22. The molecule has 1 aliphatic carbocycles. The second kappa shape index (κ2) is 7.79. The van der Waals surface area contributed by atoms with Crippen LogP contribution in [0, 0.1) is 0 Å². The van der Waals surface area contributed by atoms with Crippen LogP contribution in [0.3, 0.4) is 0 Å². The topological polar surface area (TPSA) is 65.4 Å². The van der Waals surface area contributed by atoms with E-state index in [0.717, 1.165) is 64.9 Å². The lowest BCUT2D eigenvalue weighted by Gasteiger charge is -2.42. The summed E-state index contributed by atoms with van der Waals surface area (Å²) in [5, 5.41) is 0.916. The van der Waals surface area contributed by atoms with Crippen LogP contribution in [-0.2, 0) is 5.41 Å². The molecule has 0 unspecified atom stereocenters. The van der Waals surface area contributed by atoms with Gasteiger partial charge >= 0.3 is 0 Å². The van der Waals surface area contributed by atoms with Crippen molar-refractivity contribution >= 4 is 28.1 Å². The molecule has 1 aromatic heterocycles. The number of hydrogen-bond acceptors (Lipinski definition) is 4. The highest BCUT2D eigenvalue weighted by Gasteiger charge is 2.40. The molecule has 0 radical (unpaired) electrons. The third kappa shape index (κ3) is 3.63. The third-order valence-corrected chi connectivity index (χ3v) is 8.47. The van der Waals surface area contributed by atoms with Gasteiger partial charge in [-0.3, -0.25) is 9.69 Å². The van der Waals surface area contributed by atoms with Gasteiger partial charge in [-0.15, -0.1) is 0 Å². The Morgan fingerprint density at radius 3 is 2.43 bits per heavy atom. The third-order valence-electron chi connectivity index (χ3n) is 8.47. The Hall–Kier alpha value is -2.93. The van der Waals surface area contributed by atoms with Crippen molar-refractivity contribution < 1.29 is 13.6 Å². The molecule has 6 rings (SSSR count). The predicted octanol–water partition coefficient (Wildman–Crippen LogP) is 5.32. The van der Waals surface area contributed by atoms with Gasteiger partial charge in [-0.05, 0) is 48.7 Å². The number of nitrogens with two attached hydrogens (primary N) is 1. The molecule has 5 nitrogen and oxygen atoms in total. The molecule has 2 aromatic carbocycles. The van der Waals surface area contributed by atoms with Crippen molar-refractivity contribution in [3.8, 4) is 0 Å². The predicted molar refractivity (Wildman–Crippen MR) is 136 cm³/mol. The first kappa shape index (κ1) is 22.5. The van der Waals surface area contributed by atoms with Crippen LogP contribution in [0.25, 0.3) is 10.9 Å². The number of alkyl halides is 2. The van der Waals surface area contributed by atoms with Crippen molar-refractivity contribution in [1.82, 2.24) is 9.88 Å². The van der Waals surface area contributed by atoms with E-state index in [4.69, 9.17) is 5.73 Å². The van der Waals surface area contributed by atoms with Crippen molar-refractivity contribution in [2.75, 3.05) is 36.8 Å². The van der Waals surface area contributed by atoms with Crippen LogP contribution in [0.5, 0.6) is 0 Å². The Balaban J connectivity index is 1.25. The fourth-order valence-electron chi connectivity index (χ4n) is 6.34. The maximum Gasteiger partial charge on any atom is 0.250 e. The number of nitrogens with one attached hydrogen (secondary N) is 1. The van der Waals surface area contributed by atoms with E-state index in [0.29, 0.717) is 24.8 Å². The molecule has 184 valence electrons. The highest BCUT2D eigenvalue weighted by atomic mass is 19.3. The molecule has 2 aliphatic heterocycles. The molecule has 3 aromatic rings. The zero-order chi connectivity index (χ0) is 24.5. The van der Waals surface area contributed by atoms with Gasteiger partial charge in [0.2, 0.25) is 0 Å². The quantitative estimate of drug-likeness (QED) is 0.490. The molecular weight excluding hydrogens is 446 g/mol. The Bertz CT molecular complexity index is 1310. The first-order chi connectivity index (χ1) is 16.6. The molecule has 3 N–H and O–H groups in total. The van der Waals surface area contributed by atoms with Crippen molar-refractivity contribution in [3.05, 3.63) is 58.8 Å². The van der Waals surface area contributed by atoms with Crippen molar-refractivity contribution in [2.45, 2.75) is 56.9 Å². The summed E-state index contributed by atoms with van der Waals surface area (Å²) in [5.74, 6) is -2.44. The van der Waals surface area contributed by atoms with E-state index in [1.165, 1.54) is 0 Å². The van der Waals surface area contributed by atoms with Crippen LogP contribution in [0.15, 0.2) is 36.4 Å². The van der Waals surface area contributed by atoms with Gasteiger partial charge in [-0.1, -0.05) is 19.9 Å². The molecule has 0 spiro atoms. The van der Waals surface area contributed by atoms with Gasteiger partial charge in [0.05, 0.1) is 5.56 Å². The van der Waals surface area contributed by atoms with E-state index >= 15 is 0 Å². The lowest BCUT2D eigenvalue weighted by Crippen LogP contribution is -2.49. The number of nitrogens with zero attached hydrogens (tertiary/aromatic N) is 2. The number of hydrogen-bond donors (Lipinski definition) is 2. The number of H-pyrrole nitrogens is 1. The van der Waals surface area contributed by atoms with Gasteiger partial charge in [0.1, 0.15) is 0 Å². The van der Waals surface area contributed by atoms with E-state index in [1.54, 1.807) is 0 Å². The molecule has 2 fully saturated rings. The van der Waals surface area contributed by atoms with E-state index in [9.17, 15) is 13.6 Å². The first-order valence-electron chi connectivity index (χ1n) is 12.6. The zero-order valence-electron chi connectivity index (χ0n) is 20.3. The first-order valence-corrected chi connectivity index (χ1v) is 12.6. The molecule has 0 amide bonds. The van der Waals surface area contributed by atoms with E-state index < -0.39 is 5.92 Å². The van der Waals surface area contributed by atoms with Gasteiger partial charge in [0.25, 0.3) is 5.92 Å². The summed E-state index contributed by atoms with van der Waals surface area (Å²) in [6, 6.07) is 12.3. The fraction of sp³-hybridized carbons (Fsp3) is 0.464. The number of likely N-dealkylation sites (tertiary alicyclic amines) is 1. The maximum absolute atomic E-state index is 13.6.